The molecule has 0 aliphatic rings. The van der Waals surface area contributed by atoms with Gasteiger partial charge in [0.25, 0.3) is 5.91 Å². The highest BCUT2D eigenvalue weighted by molar-refractivity contribution is 7.18. The molecule has 2 rings (SSSR count). The van der Waals surface area contributed by atoms with Crippen molar-refractivity contribution in [2.75, 3.05) is 11.9 Å². The van der Waals surface area contributed by atoms with Gasteiger partial charge in [0, 0.05) is 5.56 Å². The second kappa shape index (κ2) is 7.04. The van der Waals surface area contributed by atoms with E-state index in [1.807, 2.05) is 0 Å². The van der Waals surface area contributed by atoms with E-state index in [1.54, 1.807) is 19.9 Å². The number of nitrogens with one attached hydrogen (secondary N) is 1. The smallest absolute Gasteiger partial charge is 0.416 e. The van der Waals surface area contributed by atoms with Gasteiger partial charge in [-0.2, -0.15) is 13.2 Å². The van der Waals surface area contributed by atoms with Crippen LogP contribution in [0.25, 0.3) is 0 Å². The van der Waals surface area contributed by atoms with Crippen molar-refractivity contribution in [1.82, 2.24) is 0 Å². The van der Waals surface area contributed by atoms with E-state index in [1.165, 1.54) is 12.1 Å². The summed E-state index contributed by atoms with van der Waals surface area (Å²) in [5, 5.41) is 2.86. The van der Waals surface area contributed by atoms with Gasteiger partial charge in [0.15, 0.2) is 0 Å². The maximum atomic E-state index is 12.7. The first-order valence-electron chi connectivity index (χ1n) is 6.98. The topological polar surface area (TPSA) is 55.4 Å². The van der Waals surface area contributed by atoms with Crippen molar-refractivity contribution in [3.05, 3.63) is 51.9 Å². The molecule has 4 nitrogen and oxygen atoms in total. The molecule has 24 heavy (non-hydrogen) atoms. The average molecular weight is 357 g/mol. The molecule has 0 aliphatic carbocycles. The molecule has 0 bridgehead atoms. The average Bonchev–Trinajstić information content (AvgIpc) is 2.87. The second-order valence-electron chi connectivity index (χ2n) is 4.88. The molecule has 2 aromatic rings. The fraction of sp³-hybridized carbons (Fsp3) is 0.250. The lowest BCUT2D eigenvalue weighted by Gasteiger charge is -2.08. The number of halogens is 3. The third-order valence-electron chi connectivity index (χ3n) is 3.07. The van der Waals surface area contributed by atoms with Crippen molar-refractivity contribution in [1.29, 1.82) is 0 Å². The number of anilines is 1. The molecule has 0 saturated heterocycles. The number of thiophene rings is 1. The molecule has 1 aromatic heterocycles. The van der Waals surface area contributed by atoms with E-state index in [9.17, 15) is 22.8 Å². The molecule has 1 aromatic carbocycles. The Morgan fingerprint density at radius 3 is 2.58 bits per heavy atom. The molecule has 8 heteroatoms. The van der Waals surface area contributed by atoms with Gasteiger partial charge in [-0.1, -0.05) is 6.07 Å². The summed E-state index contributed by atoms with van der Waals surface area (Å²) in [7, 11) is 0. The molecule has 0 spiro atoms. The zero-order chi connectivity index (χ0) is 17.9. The predicted molar refractivity (Wildman–Crippen MR) is 84.4 cm³/mol. The lowest BCUT2D eigenvalue weighted by atomic mass is 10.1. The van der Waals surface area contributed by atoms with E-state index in [0.717, 1.165) is 23.5 Å². The van der Waals surface area contributed by atoms with Gasteiger partial charge < -0.3 is 10.1 Å². The van der Waals surface area contributed by atoms with Crippen LogP contribution in [0.15, 0.2) is 30.3 Å². The molecule has 0 unspecified atom stereocenters. The van der Waals surface area contributed by atoms with Crippen molar-refractivity contribution in [2.24, 2.45) is 0 Å². The SMILES string of the molecule is CCOC(=O)c1sc(NC(=O)c2cccc(C(F)(F)F)c2)cc1C. The summed E-state index contributed by atoms with van der Waals surface area (Å²) in [5.41, 5.74) is -0.393. The summed E-state index contributed by atoms with van der Waals surface area (Å²) in [6, 6.07) is 5.70. The Morgan fingerprint density at radius 1 is 1.25 bits per heavy atom. The quantitative estimate of drug-likeness (QED) is 0.820. The number of esters is 1. The number of carbonyl (C=O) groups is 2. The molecular weight excluding hydrogens is 343 g/mol. The van der Waals surface area contributed by atoms with E-state index in [-0.39, 0.29) is 12.2 Å². The van der Waals surface area contributed by atoms with Crippen LogP contribution in [0, 0.1) is 6.92 Å². The molecule has 0 atom stereocenters. The Kier molecular flexibility index (Phi) is 5.28. The van der Waals surface area contributed by atoms with Crippen LogP contribution in [0.3, 0.4) is 0 Å². The Hall–Kier alpha value is -2.35. The van der Waals surface area contributed by atoms with Crippen LogP contribution in [-0.4, -0.2) is 18.5 Å². The molecule has 0 fully saturated rings. The molecule has 0 saturated carbocycles. The largest absolute Gasteiger partial charge is 0.462 e. The lowest BCUT2D eigenvalue weighted by molar-refractivity contribution is -0.137. The first-order valence-corrected chi connectivity index (χ1v) is 7.80. The van der Waals surface area contributed by atoms with Crippen LogP contribution in [0.4, 0.5) is 18.2 Å². The minimum Gasteiger partial charge on any atom is -0.462 e. The molecule has 0 radical (unpaired) electrons. The first kappa shape index (κ1) is 18.0. The summed E-state index contributed by atoms with van der Waals surface area (Å²) in [6.07, 6.45) is -4.52. The minimum atomic E-state index is -4.52. The molecule has 128 valence electrons. The van der Waals surface area contributed by atoms with E-state index in [4.69, 9.17) is 4.74 Å². The number of carbonyl (C=O) groups excluding carboxylic acids is 2. The Morgan fingerprint density at radius 2 is 1.96 bits per heavy atom. The standard InChI is InChI=1S/C16H14F3NO3S/c1-3-23-15(22)13-9(2)7-12(24-13)20-14(21)10-5-4-6-11(8-10)16(17,18)19/h4-8H,3H2,1-2H3,(H,20,21). The van der Waals surface area contributed by atoms with Crippen LogP contribution < -0.4 is 5.32 Å². The van der Waals surface area contributed by atoms with E-state index >= 15 is 0 Å². The zero-order valence-electron chi connectivity index (χ0n) is 12.9. The van der Waals surface area contributed by atoms with Gasteiger partial charge in [0.2, 0.25) is 0 Å². The summed E-state index contributed by atoms with van der Waals surface area (Å²) < 4.78 is 43.0. The van der Waals surface area contributed by atoms with Gasteiger partial charge in [-0.3, -0.25) is 4.79 Å². The molecule has 1 amide bonds. The molecule has 1 N–H and O–H groups in total. The van der Waals surface area contributed by atoms with Crippen molar-refractivity contribution < 1.29 is 27.5 Å². The third kappa shape index (κ3) is 4.14. The monoisotopic (exact) mass is 357 g/mol. The Labute approximate surface area is 140 Å². The maximum absolute atomic E-state index is 12.7. The van der Waals surface area contributed by atoms with Gasteiger partial charge in [-0.05, 0) is 43.7 Å². The van der Waals surface area contributed by atoms with Crippen LogP contribution in [-0.2, 0) is 10.9 Å². The van der Waals surface area contributed by atoms with Crippen molar-refractivity contribution >= 4 is 28.2 Å². The normalized spacial score (nSPS) is 11.2. The Balaban J connectivity index is 2.19. The highest BCUT2D eigenvalue weighted by atomic mass is 32.1. The van der Waals surface area contributed by atoms with E-state index in [0.29, 0.717) is 15.4 Å². The maximum Gasteiger partial charge on any atom is 0.416 e. The van der Waals surface area contributed by atoms with Gasteiger partial charge >= 0.3 is 12.1 Å². The molecule has 1 heterocycles. The summed E-state index contributed by atoms with van der Waals surface area (Å²) in [4.78, 5) is 24.2. The number of amides is 1. The number of ether oxygens (including phenoxy) is 1. The highest BCUT2D eigenvalue weighted by Gasteiger charge is 2.31. The van der Waals surface area contributed by atoms with Crippen molar-refractivity contribution in [2.45, 2.75) is 20.0 Å². The van der Waals surface area contributed by atoms with Gasteiger partial charge in [0.05, 0.1) is 17.2 Å². The van der Waals surface area contributed by atoms with Gasteiger partial charge in [0.1, 0.15) is 4.88 Å². The lowest BCUT2D eigenvalue weighted by Crippen LogP contribution is -2.13. The van der Waals surface area contributed by atoms with E-state index in [2.05, 4.69) is 5.32 Å². The number of aryl methyl sites for hydroxylation is 1. The summed E-state index contributed by atoms with van der Waals surface area (Å²) >= 11 is 1.01. The summed E-state index contributed by atoms with van der Waals surface area (Å²) in [5.74, 6) is -1.18. The fourth-order valence-electron chi connectivity index (χ4n) is 1.96. The Bertz CT molecular complexity index is 768. The number of rotatable bonds is 4. The van der Waals surface area contributed by atoms with Crippen molar-refractivity contribution in [3.8, 4) is 0 Å². The van der Waals surface area contributed by atoms with Crippen LogP contribution in [0.2, 0.25) is 0 Å². The first-order chi connectivity index (χ1) is 11.2. The predicted octanol–water partition coefficient (Wildman–Crippen LogP) is 4.50. The van der Waals surface area contributed by atoms with Gasteiger partial charge in [-0.15, -0.1) is 11.3 Å². The van der Waals surface area contributed by atoms with Crippen molar-refractivity contribution in [3.63, 3.8) is 0 Å². The van der Waals surface area contributed by atoms with Crippen LogP contribution >= 0.6 is 11.3 Å². The molecule has 0 aliphatic heterocycles. The number of alkyl halides is 3. The fourth-order valence-corrected chi connectivity index (χ4v) is 2.93. The van der Waals surface area contributed by atoms with Crippen LogP contribution in [0.1, 0.15) is 38.1 Å². The highest BCUT2D eigenvalue weighted by Crippen LogP contribution is 2.31. The van der Waals surface area contributed by atoms with Crippen LogP contribution in [0.5, 0.6) is 0 Å². The van der Waals surface area contributed by atoms with Gasteiger partial charge in [-0.25, -0.2) is 4.79 Å². The number of hydrogen-bond donors (Lipinski definition) is 1. The number of hydrogen-bond acceptors (Lipinski definition) is 4. The second-order valence-corrected chi connectivity index (χ2v) is 5.93. The minimum absolute atomic E-state index is 0.117. The zero-order valence-corrected chi connectivity index (χ0v) is 13.7. The molecular formula is C16H14F3NO3S. The third-order valence-corrected chi connectivity index (χ3v) is 4.20. The number of benzene rings is 1. The summed E-state index contributed by atoms with van der Waals surface area (Å²) in [6.45, 7) is 3.59. The van der Waals surface area contributed by atoms with E-state index < -0.39 is 23.6 Å².